The monoisotopic (exact) mass is 416 g/mol. The number of rotatable bonds is 0. The Balaban J connectivity index is 0. The van der Waals surface area contributed by atoms with Gasteiger partial charge >= 0.3 is 75.2 Å². The molecule has 0 amide bonds. The quantitative estimate of drug-likeness (QED) is 0.370. The van der Waals surface area contributed by atoms with Gasteiger partial charge in [0.2, 0.25) is 0 Å². The minimum absolute atomic E-state index is 0. The van der Waals surface area contributed by atoms with E-state index in [4.69, 9.17) is 0 Å². The zero-order valence-electron chi connectivity index (χ0n) is 0.707. The summed E-state index contributed by atoms with van der Waals surface area (Å²) in [6.07, 6.45) is 0. The van der Waals surface area contributed by atoms with Crippen molar-refractivity contribution in [2.45, 2.75) is 0 Å². The third-order valence-electron chi connectivity index (χ3n) is 0. The molecule has 4 heavy (non-hydrogen) atoms. The van der Waals surface area contributed by atoms with Crippen molar-refractivity contribution in [1.82, 2.24) is 0 Å². The summed E-state index contributed by atoms with van der Waals surface area (Å²) in [6, 6.07) is 0. The molecule has 0 aliphatic carbocycles. The van der Waals surface area contributed by atoms with E-state index in [9.17, 15) is 0 Å². The van der Waals surface area contributed by atoms with Crippen LogP contribution in [0.5, 0.6) is 0 Å². The van der Waals surface area contributed by atoms with Crippen LogP contribution in [0, 0.1) is 0 Å². The van der Waals surface area contributed by atoms with E-state index in [0.29, 0.717) is 0 Å². The molecule has 0 nitrogen and oxygen atoms in total. The minimum atomic E-state index is 0. The van der Waals surface area contributed by atoms with Crippen molar-refractivity contribution in [3.63, 3.8) is 0 Å². The second kappa shape index (κ2) is 16.1. The maximum atomic E-state index is 0. The Morgan fingerprint density at radius 3 is 1.00 bits per heavy atom. The van der Waals surface area contributed by atoms with E-state index in [0.717, 1.165) is 0 Å². The molecule has 0 atom stereocenters. The fourth-order valence-corrected chi connectivity index (χ4v) is 0. The van der Waals surface area contributed by atoms with Crippen LogP contribution in [-0.4, -0.2) is 75.2 Å². The molecule has 0 N–H and O–H groups in total. The van der Waals surface area contributed by atoms with Gasteiger partial charge in [0.15, 0.2) is 0 Å². The number of hydrogen-bond acceptors (Lipinski definition) is 0. The molecule has 0 aromatic rings. The Bertz CT molecular complexity index is 8.00. The molecule has 0 aromatic heterocycles. The zero-order valence-corrected chi connectivity index (χ0v) is 6.20. The average Bonchev–Trinajstić information content (AvgIpc) is 0. The summed E-state index contributed by atoms with van der Waals surface area (Å²) in [4.78, 5) is 0. The van der Waals surface area contributed by atoms with Gasteiger partial charge < -0.3 is 0 Å². The topological polar surface area (TPSA) is 0 Å². The zero-order chi connectivity index (χ0) is 0. The van der Waals surface area contributed by atoms with Gasteiger partial charge in [-0.05, 0) is 0 Å². The SMILES string of the molecule is [GaH3].[Hg].[InH3].[NaH]. The van der Waals surface area contributed by atoms with Crippen LogP contribution < -0.4 is 0 Å². The van der Waals surface area contributed by atoms with Gasteiger partial charge in [-0.15, -0.1) is 0 Å². The van der Waals surface area contributed by atoms with Gasteiger partial charge in [0, 0.05) is 27.7 Å². The van der Waals surface area contributed by atoms with Gasteiger partial charge in [-0.25, -0.2) is 0 Å². The molecule has 0 aromatic carbocycles. The Morgan fingerprint density at radius 1 is 1.00 bits per heavy atom. The molecule has 0 heterocycles. The second-order valence-electron chi connectivity index (χ2n) is 0. The Labute approximate surface area is 101 Å². The van der Waals surface area contributed by atoms with E-state index >= 15 is 0 Å². The molecule has 16 valence electrons. The summed E-state index contributed by atoms with van der Waals surface area (Å²) in [6.45, 7) is 0. The van der Waals surface area contributed by atoms with Gasteiger partial charge in [-0.2, -0.15) is 0 Å². The van der Waals surface area contributed by atoms with E-state index < -0.39 is 0 Å². The summed E-state index contributed by atoms with van der Waals surface area (Å²) in [5.41, 5.74) is 0. The van der Waals surface area contributed by atoms with Crippen LogP contribution in [0.2, 0.25) is 0 Å². The van der Waals surface area contributed by atoms with E-state index in [-0.39, 0.29) is 103 Å². The van der Waals surface area contributed by atoms with Crippen LogP contribution in [-0.2, 0) is 27.7 Å². The Kier molecular flexibility index (Phi) is 105. The first kappa shape index (κ1) is 26.1. The first-order valence-corrected chi connectivity index (χ1v) is 0. The molecular formula is H7GaHgInNa. The van der Waals surface area contributed by atoms with Crippen molar-refractivity contribution < 1.29 is 27.7 Å². The molecule has 4 heteroatoms. The molecular weight excluding hydrogens is 408 g/mol. The predicted octanol–water partition coefficient (Wildman–Crippen LogP) is -3.02. The van der Waals surface area contributed by atoms with Crippen LogP contribution >= 0.6 is 0 Å². The summed E-state index contributed by atoms with van der Waals surface area (Å²) >= 11 is 0. The van der Waals surface area contributed by atoms with Gasteiger partial charge in [-0.1, -0.05) is 0 Å². The van der Waals surface area contributed by atoms with Crippen molar-refractivity contribution >= 4 is 75.2 Å². The van der Waals surface area contributed by atoms with E-state index in [1.54, 1.807) is 0 Å². The van der Waals surface area contributed by atoms with E-state index in [1.165, 1.54) is 0 Å². The van der Waals surface area contributed by atoms with Crippen molar-refractivity contribution in [3.8, 4) is 0 Å². The van der Waals surface area contributed by atoms with Crippen molar-refractivity contribution in [2.24, 2.45) is 0 Å². The fourth-order valence-electron chi connectivity index (χ4n) is 0. The Morgan fingerprint density at radius 2 is 1.00 bits per heavy atom. The van der Waals surface area contributed by atoms with E-state index in [2.05, 4.69) is 0 Å². The molecule has 0 radical (unpaired) electrons. The molecule has 0 bridgehead atoms. The predicted molar refractivity (Wildman–Crippen MR) is 27.0 cm³/mol. The summed E-state index contributed by atoms with van der Waals surface area (Å²) in [5.74, 6) is 0. The average molecular weight is 415 g/mol. The summed E-state index contributed by atoms with van der Waals surface area (Å²) < 4.78 is 0. The molecule has 0 spiro atoms. The standard InChI is InChI=1S/Ga.Hg.In.Na.7H. The Hall–Kier alpha value is 3.44. The number of hydrogen-bond donors (Lipinski definition) is 0. The molecule has 0 saturated heterocycles. The third kappa shape index (κ3) is 9.06. The molecule has 0 rings (SSSR count). The third-order valence-corrected chi connectivity index (χ3v) is 0. The van der Waals surface area contributed by atoms with Crippen LogP contribution in [0.4, 0.5) is 0 Å². The van der Waals surface area contributed by atoms with Crippen molar-refractivity contribution in [2.75, 3.05) is 0 Å². The van der Waals surface area contributed by atoms with Crippen LogP contribution in [0.3, 0.4) is 0 Å². The first-order valence-electron chi connectivity index (χ1n) is 0. The van der Waals surface area contributed by atoms with Crippen molar-refractivity contribution in [3.05, 3.63) is 0 Å². The molecule has 0 aliphatic rings. The van der Waals surface area contributed by atoms with Crippen LogP contribution in [0.15, 0.2) is 0 Å². The molecule has 0 fully saturated rings. The maximum absolute atomic E-state index is 0. The summed E-state index contributed by atoms with van der Waals surface area (Å²) in [5, 5.41) is 0. The second-order valence-corrected chi connectivity index (χ2v) is 0. The van der Waals surface area contributed by atoms with Gasteiger partial charge in [0.25, 0.3) is 0 Å². The fraction of sp³-hybridized carbons (Fsp3) is 0. The van der Waals surface area contributed by atoms with Crippen LogP contribution in [0.1, 0.15) is 0 Å². The normalized spacial score (nSPS) is 0. The molecule has 0 unspecified atom stereocenters. The van der Waals surface area contributed by atoms with E-state index in [1.807, 2.05) is 0 Å². The van der Waals surface area contributed by atoms with Gasteiger partial charge in [0.1, 0.15) is 0 Å². The first-order chi connectivity index (χ1) is 0. The van der Waals surface area contributed by atoms with Gasteiger partial charge in [0.05, 0.1) is 0 Å². The summed E-state index contributed by atoms with van der Waals surface area (Å²) in [7, 11) is 0. The molecule has 0 saturated carbocycles. The van der Waals surface area contributed by atoms with Crippen molar-refractivity contribution in [1.29, 1.82) is 0 Å². The van der Waals surface area contributed by atoms with Crippen LogP contribution in [0.25, 0.3) is 0 Å². The van der Waals surface area contributed by atoms with Gasteiger partial charge in [-0.3, -0.25) is 0 Å². The molecule has 0 aliphatic heterocycles.